The van der Waals surface area contributed by atoms with Crippen molar-refractivity contribution in [3.63, 3.8) is 0 Å². The van der Waals surface area contributed by atoms with E-state index in [-0.39, 0.29) is 0 Å². The van der Waals surface area contributed by atoms with Gasteiger partial charge in [-0.15, -0.1) is 0 Å². The van der Waals surface area contributed by atoms with Crippen molar-refractivity contribution in [3.05, 3.63) is 53.1 Å². The zero-order valence-corrected chi connectivity index (χ0v) is 12.1. The number of para-hydroxylation sites is 1. The number of nitrogens with zero attached hydrogens (tertiary/aromatic N) is 1. The lowest BCUT2D eigenvalue weighted by atomic mass is 10.2. The van der Waals surface area contributed by atoms with E-state index < -0.39 is 0 Å². The van der Waals surface area contributed by atoms with Crippen molar-refractivity contribution < 1.29 is 0 Å². The molecule has 1 heterocycles. The van der Waals surface area contributed by atoms with Crippen molar-refractivity contribution in [3.8, 4) is 0 Å². The molecule has 0 aliphatic rings. The van der Waals surface area contributed by atoms with Crippen LogP contribution in [0.4, 0.5) is 17.1 Å². The van der Waals surface area contributed by atoms with Crippen LogP contribution >= 0.6 is 15.9 Å². The summed E-state index contributed by atoms with van der Waals surface area (Å²) in [5.41, 5.74) is 10.1. The quantitative estimate of drug-likeness (QED) is 0.693. The fourth-order valence-electron chi connectivity index (χ4n) is 2.29. The van der Waals surface area contributed by atoms with Crippen LogP contribution in [0, 0.1) is 0 Å². The Balaban J connectivity index is 2.10. The number of fused-ring (bicyclic) bond motifs is 1. The first kappa shape index (κ1) is 12.1. The van der Waals surface area contributed by atoms with Gasteiger partial charge in [-0.3, -0.25) is 0 Å². The molecule has 0 saturated heterocycles. The van der Waals surface area contributed by atoms with Gasteiger partial charge in [0.1, 0.15) is 0 Å². The van der Waals surface area contributed by atoms with Crippen molar-refractivity contribution in [2.45, 2.75) is 0 Å². The van der Waals surface area contributed by atoms with Gasteiger partial charge in [-0.25, -0.2) is 0 Å². The molecule has 0 bridgehead atoms. The molecular weight excluding hydrogens is 302 g/mol. The molecule has 0 atom stereocenters. The van der Waals surface area contributed by atoms with E-state index in [0.29, 0.717) is 0 Å². The van der Waals surface area contributed by atoms with Crippen LogP contribution in [0.5, 0.6) is 0 Å². The molecule has 3 N–H and O–H groups in total. The van der Waals surface area contributed by atoms with Crippen LogP contribution in [-0.4, -0.2) is 12.0 Å². The minimum atomic E-state index is 0.752. The second kappa shape index (κ2) is 4.63. The Bertz CT molecular complexity index is 733. The van der Waals surface area contributed by atoms with Gasteiger partial charge in [-0.1, -0.05) is 34.1 Å². The molecule has 0 aliphatic carbocycles. The molecule has 0 fully saturated rings. The van der Waals surface area contributed by atoms with Gasteiger partial charge in [0.25, 0.3) is 0 Å². The monoisotopic (exact) mass is 315 g/mol. The zero-order chi connectivity index (χ0) is 13.4. The highest BCUT2D eigenvalue weighted by Crippen LogP contribution is 2.34. The van der Waals surface area contributed by atoms with Crippen molar-refractivity contribution in [1.29, 1.82) is 0 Å². The largest absolute Gasteiger partial charge is 0.397 e. The number of aromatic amines is 1. The minimum absolute atomic E-state index is 0.752. The number of benzene rings is 2. The highest BCUT2D eigenvalue weighted by atomic mass is 79.9. The second-order valence-corrected chi connectivity index (χ2v) is 5.40. The Labute approximate surface area is 120 Å². The van der Waals surface area contributed by atoms with Crippen molar-refractivity contribution >= 4 is 43.9 Å². The fourth-order valence-corrected chi connectivity index (χ4v) is 2.67. The van der Waals surface area contributed by atoms with Crippen LogP contribution in [0.2, 0.25) is 0 Å². The summed E-state index contributed by atoms with van der Waals surface area (Å²) in [5, 5.41) is 1.19. The number of aromatic nitrogens is 1. The van der Waals surface area contributed by atoms with E-state index in [2.05, 4.69) is 37.9 Å². The van der Waals surface area contributed by atoms with Crippen LogP contribution in [0.3, 0.4) is 0 Å². The van der Waals surface area contributed by atoms with Gasteiger partial charge in [0.2, 0.25) is 0 Å². The maximum Gasteiger partial charge on any atom is 0.0666 e. The number of nitrogen functional groups attached to an aromatic ring is 1. The molecular formula is C15H14BrN3. The van der Waals surface area contributed by atoms with E-state index in [1.165, 1.54) is 5.39 Å². The Morgan fingerprint density at radius 2 is 1.89 bits per heavy atom. The third-order valence-corrected chi connectivity index (χ3v) is 3.77. The van der Waals surface area contributed by atoms with Gasteiger partial charge in [-0.2, -0.15) is 0 Å². The molecule has 96 valence electrons. The number of nitrogens with one attached hydrogen (secondary N) is 1. The molecule has 3 aromatic rings. The average molecular weight is 316 g/mol. The van der Waals surface area contributed by atoms with E-state index >= 15 is 0 Å². The lowest BCUT2D eigenvalue weighted by molar-refractivity contribution is 1.22. The summed E-state index contributed by atoms with van der Waals surface area (Å²) in [6, 6.07) is 14.2. The summed E-state index contributed by atoms with van der Waals surface area (Å²) >= 11 is 3.43. The first-order chi connectivity index (χ1) is 9.16. The lowest BCUT2D eigenvalue weighted by Gasteiger charge is -2.20. The van der Waals surface area contributed by atoms with Gasteiger partial charge in [0, 0.05) is 28.6 Å². The molecule has 1 aromatic heterocycles. The molecule has 0 unspecified atom stereocenters. The Kier molecular flexibility index (Phi) is 2.95. The summed E-state index contributed by atoms with van der Waals surface area (Å²) < 4.78 is 0.987. The number of hydrogen-bond acceptors (Lipinski definition) is 2. The maximum absolute atomic E-state index is 6.09. The molecule has 3 rings (SSSR count). The molecule has 2 aromatic carbocycles. The fraction of sp³-hybridized carbons (Fsp3) is 0.0667. The van der Waals surface area contributed by atoms with E-state index in [9.17, 15) is 0 Å². The molecule has 0 radical (unpaired) electrons. The second-order valence-electron chi connectivity index (χ2n) is 4.48. The van der Waals surface area contributed by atoms with Gasteiger partial charge in [0.05, 0.1) is 17.1 Å². The highest BCUT2D eigenvalue weighted by Gasteiger charge is 2.12. The third kappa shape index (κ3) is 2.08. The maximum atomic E-state index is 6.09. The number of anilines is 3. The predicted octanol–water partition coefficient (Wildman–Crippen LogP) is 4.28. The lowest BCUT2D eigenvalue weighted by Crippen LogP contribution is -2.11. The van der Waals surface area contributed by atoms with Gasteiger partial charge >= 0.3 is 0 Å². The highest BCUT2D eigenvalue weighted by molar-refractivity contribution is 9.10. The van der Waals surface area contributed by atoms with Gasteiger partial charge in [-0.05, 0) is 24.3 Å². The van der Waals surface area contributed by atoms with E-state index in [4.69, 9.17) is 5.73 Å². The normalized spacial score (nSPS) is 10.8. The minimum Gasteiger partial charge on any atom is -0.397 e. The van der Waals surface area contributed by atoms with Crippen LogP contribution < -0.4 is 10.6 Å². The Morgan fingerprint density at radius 1 is 1.11 bits per heavy atom. The van der Waals surface area contributed by atoms with Gasteiger partial charge < -0.3 is 15.6 Å². The Hall–Kier alpha value is -1.94. The number of rotatable bonds is 2. The van der Waals surface area contributed by atoms with Crippen LogP contribution in [0.1, 0.15) is 0 Å². The van der Waals surface area contributed by atoms with Crippen LogP contribution in [0.15, 0.2) is 53.1 Å². The molecule has 0 amide bonds. The molecule has 0 spiro atoms. The smallest absolute Gasteiger partial charge is 0.0666 e. The zero-order valence-electron chi connectivity index (χ0n) is 10.5. The van der Waals surface area contributed by atoms with E-state index in [1.54, 1.807) is 0 Å². The summed E-state index contributed by atoms with van der Waals surface area (Å²) in [4.78, 5) is 5.38. The first-order valence-electron chi connectivity index (χ1n) is 6.01. The Morgan fingerprint density at radius 3 is 2.68 bits per heavy atom. The number of halogens is 1. The molecule has 0 aliphatic heterocycles. The van der Waals surface area contributed by atoms with Crippen LogP contribution in [-0.2, 0) is 0 Å². The summed E-state index contributed by atoms with van der Waals surface area (Å²) in [5.74, 6) is 0. The van der Waals surface area contributed by atoms with Crippen LogP contribution in [0.25, 0.3) is 10.9 Å². The number of hydrogen-bond donors (Lipinski definition) is 2. The predicted molar refractivity (Wildman–Crippen MR) is 84.9 cm³/mol. The molecule has 19 heavy (non-hydrogen) atoms. The van der Waals surface area contributed by atoms with Gasteiger partial charge in [0.15, 0.2) is 0 Å². The molecule has 4 heteroatoms. The van der Waals surface area contributed by atoms with E-state index in [1.807, 2.05) is 43.6 Å². The topological polar surface area (TPSA) is 45.0 Å². The molecule has 0 saturated carbocycles. The van der Waals surface area contributed by atoms with Crippen molar-refractivity contribution in [2.75, 3.05) is 17.7 Å². The average Bonchev–Trinajstić information content (AvgIpc) is 2.82. The van der Waals surface area contributed by atoms with Crippen molar-refractivity contribution in [1.82, 2.24) is 4.98 Å². The first-order valence-corrected chi connectivity index (χ1v) is 6.81. The number of nitrogens with two attached hydrogens (primary N) is 1. The van der Waals surface area contributed by atoms with Crippen molar-refractivity contribution in [2.24, 2.45) is 0 Å². The summed E-state index contributed by atoms with van der Waals surface area (Å²) in [6.07, 6.45) is 2.01. The SMILES string of the molecule is CN(c1ccc(Br)cc1N)c1c[nH]c2ccccc12. The molecule has 3 nitrogen and oxygen atoms in total. The standard InChI is InChI=1S/C15H14BrN3/c1-19(14-7-6-10(16)8-12(14)17)15-9-18-13-5-3-2-4-11(13)15/h2-9,18H,17H2,1H3. The third-order valence-electron chi connectivity index (χ3n) is 3.28. The van der Waals surface area contributed by atoms with E-state index in [0.717, 1.165) is 27.1 Å². The summed E-state index contributed by atoms with van der Waals surface area (Å²) in [6.45, 7) is 0. The summed E-state index contributed by atoms with van der Waals surface area (Å²) in [7, 11) is 2.02. The number of H-pyrrole nitrogens is 1.